The maximum Gasteiger partial charge on any atom is 0.267 e. The zero-order valence-electron chi connectivity index (χ0n) is 11.0. The fourth-order valence-corrected chi connectivity index (χ4v) is 4.63. The van der Waals surface area contributed by atoms with Crippen LogP contribution in [0.5, 0.6) is 0 Å². The van der Waals surface area contributed by atoms with Crippen LogP contribution in [0.2, 0.25) is 0 Å². The second-order valence-corrected chi connectivity index (χ2v) is 7.64. The van der Waals surface area contributed by atoms with Gasteiger partial charge in [0.15, 0.2) is 0 Å². The van der Waals surface area contributed by atoms with Gasteiger partial charge in [0.2, 0.25) is 0 Å². The summed E-state index contributed by atoms with van der Waals surface area (Å²) in [5.74, 6) is 0. The van der Waals surface area contributed by atoms with Gasteiger partial charge in [0.25, 0.3) is 10.0 Å². The Morgan fingerprint density at radius 3 is 2.30 bits per heavy atom. The fraction of sp³-hybridized carbons (Fsp3) is 0.286. The normalized spacial score (nSPS) is 11.8. The van der Waals surface area contributed by atoms with Crippen LogP contribution in [-0.4, -0.2) is 17.7 Å². The molecule has 1 heterocycles. The van der Waals surface area contributed by atoms with Gasteiger partial charge in [-0.15, -0.1) is 0 Å². The van der Waals surface area contributed by atoms with Crippen molar-refractivity contribution in [2.24, 2.45) is 0 Å². The van der Waals surface area contributed by atoms with Gasteiger partial charge in [-0.05, 0) is 37.1 Å². The van der Waals surface area contributed by atoms with E-state index >= 15 is 0 Å². The number of hydrogen-bond donors (Lipinski definition) is 0. The summed E-state index contributed by atoms with van der Waals surface area (Å²) < 4.78 is 26.7. The van der Waals surface area contributed by atoms with Crippen LogP contribution in [0.4, 0.5) is 0 Å². The number of benzene rings is 1. The molecular weight excluding hydrogens is 406 g/mol. The van der Waals surface area contributed by atoms with Crippen LogP contribution in [0, 0.1) is 6.92 Å². The average molecular weight is 421 g/mol. The summed E-state index contributed by atoms with van der Waals surface area (Å²) in [5, 5.41) is 1.31. The van der Waals surface area contributed by atoms with E-state index in [2.05, 4.69) is 31.9 Å². The summed E-state index contributed by atoms with van der Waals surface area (Å²) in [6.07, 6.45) is 2.43. The van der Waals surface area contributed by atoms with Crippen molar-refractivity contribution in [2.45, 2.75) is 23.6 Å². The van der Waals surface area contributed by atoms with Crippen molar-refractivity contribution in [1.82, 2.24) is 3.97 Å². The number of rotatable bonds is 5. The first-order chi connectivity index (χ1) is 9.50. The largest absolute Gasteiger partial charge is 0.267 e. The molecule has 2 aromatic rings. The number of alkyl halides is 2. The molecule has 0 amide bonds. The molecule has 0 radical (unpaired) electrons. The van der Waals surface area contributed by atoms with E-state index in [9.17, 15) is 8.42 Å². The van der Waals surface area contributed by atoms with Gasteiger partial charge in [0, 0.05) is 22.6 Å². The van der Waals surface area contributed by atoms with Crippen molar-refractivity contribution in [1.29, 1.82) is 0 Å². The highest BCUT2D eigenvalue weighted by Gasteiger charge is 2.21. The molecule has 20 heavy (non-hydrogen) atoms. The Hall–Kier alpha value is -0.590. The molecule has 0 saturated heterocycles. The van der Waals surface area contributed by atoms with Gasteiger partial charge in [-0.25, -0.2) is 12.4 Å². The van der Waals surface area contributed by atoms with Crippen molar-refractivity contribution >= 4 is 41.9 Å². The molecule has 6 heteroatoms. The Labute approximate surface area is 136 Å². The third-order valence-electron chi connectivity index (χ3n) is 3.12. The van der Waals surface area contributed by atoms with Crippen molar-refractivity contribution in [2.75, 3.05) is 5.33 Å². The topological polar surface area (TPSA) is 39.1 Å². The lowest BCUT2D eigenvalue weighted by atomic mass is 10.2. The highest BCUT2D eigenvalue weighted by molar-refractivity contribution is 9.09. The molecule has 0 atom stereocenters. The zero-order chi connectivity index (χ0) is 14.8. The molecule has 0 fully saturated rings. The van der Waals surface area contributed by atoms with Crippen LogP contribution in [-0.2, 0) is 21.8 Å². The molecule has 0 N–H and O–H groups in total. The quantitative estimate of drug-likeness (QED) is 0.688. The zero-order valence-corrected chi connectivity index (χ0v) is 15.0. The maximum atomic E-state index is 12.7. The SMILES string of the molecule is Cc1ccc(S(=O)(=O)n2ccc(CCBr)c2CBr)cc1. The van der Waals surface area contributed by atoms with Crippen LogP contribution < -0.4 is 0 Å². The number of aryl methyl sites for hydroxylation is 2. The summed E-state index contributed by atoms with van der Waals surface area (Å²) in [6.45, 7) is 1.93. The fourth-order valence-electron chi connectivity index (χ4n) is 2.01. The first-order valence-electron chi connectivity index (χ1n) is 6.14. The summed E-state index contributed by atoms with van der Waals surface area (Å²) in [6, 6.07) is 8.77. The van der Waals surface area contributed by atoms with Gasteiger partial charge < -0.3 is 0 Å². The molecule has 3 nitrogen and oxygen atoms in total. The molecule has 0 aliphatic rings. The summed E-state index contributed by atoms with van der Waals surface area (Å²) in [4.78, 5) is 0.311. The van der Waals surface area contributed by atoms with Crippen molar-refractivity contribution in [3.8, 4) is 0 Å². The highest BCUT2D eigenvalue weighted by atomic mass is 79.9. The lowest BCUT2D eigenvalue weighted by Crippen LogP contribution is -2.15. The minimum Gasteiger partial charge on any atom is -0.245 e. The molecule has 0 unspecified atom stereocenters. The minimum atomic E-state index is -3.52. The average Bonchev–Trinajstić information content (AvgIpc) is 2.83. The van der Waals surface area contributed by atoms with E-state index in [1.165, 1.54) is 3.97 Å². The van der Waals surface area contributed by atoms with E-state index in [1.54, 1.807) is 18.3 Å². The van der Waals surface area contributed by atoms with Crippen LogP contribution in [0.25, 0.3) is 0 Å². The second-order valence-electron chi connectivity index (χ2n) is 4.47. The molecule has 1 aromatic heterocycles. The van der Waals surface area contributed by atoms with E-state index in [1.807, 2.05) is 25.1 Å². The minimum absolute atomic E-state index is 0.311. The monoisotopic (exact) mass is 419 g/mol. The van der Waals surface area contributed by atoms with Crippen molar-refractivity contribution in [3.05, 3.63) is 53.3 Å². The van der Waals surface area contributed by atoms with Gasteiger partial charge in [-0.2, -0.15) is 0 Å². The lowest BCUT2D eigenvalue weighted by Gasteiger charge is -2.10. The van der Waals surface area contributed by atoms with E-state index in [0.29, 0.717) is 10.2 Å². The van der Waals surface area contributed by atoms with Crippen LogP contribution in [0.3, 0.4) is 0 Å². The van der Waals surface area contributed by atoms with E-state index in [0.717, 1.165) is 28.6 Å². The van der Waals surface area contributed by atoms with Gasteiger partial charge in [0.1, 0.15) is 0 Å². The third-order valence-corrected chi connectivity index (χ3v) is 5.77. The molecule has 0 aliphatic heterocycles. The predicted molar refractivity (Wildman–Crippen MR) is 88.3 cm³/mol. The molecule has 2 rings (SSSR count). The van der Waals surface area contributed by atoms with Gasteiger partial charge in [-0.1, -0.05) is 49.6 Å². The predicted octanol–water partition coefficient (Wildman–Crippen LogP) is 3.87. The first kappa shape index (κ1) is 15.8. The van der Waals surface area contributed by atoms with Crippen LogP contribution >= 0.6 is 31.9 Å². The Morgan fingerprint density at radius 1 is 1.10 bits per heavy atom. The molecule has 0 aliphatic carbocycles. The standard InChI is InChI=1S/C14H15Br2NO2S/c1-11-2-4-13(5-3-11)20(18,19)17-9-7-12(6-8-15)14(17)10-16/h2-5,7,9H,6,8,10H2,1H3. The van der Waals surface area contributed by atoms with Gasteiger partial charge in [-0.3, -0.25) is 0 Å². The lowest BCUT2D eigenvalue weighted by molar-refractivity contribution is 0.586. The van der Waals surface area contributed by atoms with Crippen molar-refractivity contribution in [3.63, 3.8) is 0 Å². The van der Waals surface area contributed by atoms with Gasteiger partial charge >= 0.3 is 0 Å². The number of nitrogens with zero attached hydrogens (tertiary/aromatic N) is 1. The Morgan fingerprint density at radius 2 is 1.75 bits per heavy atom. The third kappa shape index (κ3) is 3.02. The Kier molecular flexibility index (Phi) is 5.09. The number of aromatic nitrogens is 1. The van der Waals surface area contributed by atoms with Gasteiger partial charge in [0.05, 0.1) is 4.90 Å². The van der Waals surface area contributed by atoms with E-state index in [4.69, 9.17) is 0 Å². The molecule has 108 valence electrons. The summed E-state index contributed by atoms with van der Waals surface area (Å²) in [7, 11) is -3.52. The molecule has 0 spiro atoms. The van der Waals surface area contributed by atoms with Crippen molar-refractivity contribution < 1.29 is 8.42 Å². The van der Waals surface area contributed by atoms with Crippen LogP contribution in [0.1, 0.15) is 16.8 Å². The molecule has 0 saturated carbocycles. The summed E-state index contributed by atoms with van der Waals surface area (Å²) in [5.41, 5.74) is 2.86. The number of hydrogen-bond acceptors (Lipinski definition) is 2. The smallest absolute Gasteiger partial charge is 0.245 e. The van der Waals surface area contributed by atoms with Crippen LogP contribution in [0.15, 0.2) is 41.4 Å². The Bertz CT molecular complexity index is 690. The van der Waals surface area contributed by atoms with E-state index in [-0.39, 0.29) is 0 Å². The van der Waals surface area contributed by atoms with E-state index < -0.39 is 10.0 Å². The molecular formula is C14H15Br2NO2S. The molecule has 0 bridgehead atoms. The second kappa shape index (κ2) is 6.45. The Balaban J connectivity index is 2.52. The first-order valence-corrected chi connectivity index (χ1v) is 9.82. The highest BCUT2D eigenvalue weighted by Crippen LogP contribution is 2.22. The molecule has 1 aromatic carbocycles. The maximum absolute atomic E-state index is 12.7. The number of halogens is 2. The summed E-state index contributed by atoms with van der Waals surface area (Å²) >= 11 is 6.77.